The fourth-order valence-corrected chi connectivity index (χ4v) is 3.66. The maximum Gasteiger partial charge on any atom is 0.329 e. The Hall–Kier alpha value is -3.45. The van der Waals surface area contributed by atoms with Gasteiger partial charge in [0.25, 0.3) is 5.91 Å². The molecule has 3 aromatic carbocycles. The smallest absolute Gasteiger partial charge is 0.329 e. The van der Waals surface area contributed by atoms with Crippen molar-refractivity contribution in [2.45, 2.75) is 19.1 Å². The molecule has 2 N–H and O–H groups in total. The summed E-state index contributed by atoms with van der Waals surface area (Å²) in [6, 6.07) is 19.4. The largest absolute Gasteiger partial charge is 0.459 e. The van der Waals surface area contributed by atoms with E-state index in [9.17, 15) is 14.0 Å². The van der Waals surface area contributed by atoms with Crippen molar-refractivity contribution >= 4 is 38.7 Å². The van der Waals surface area contributed by atoms with Gasteiger partial charge >= 0.3 is 5.97 Å². The summed E-state index contributed by atoms with van der Waals surface area (Å²) >= 11 is 3.37. The number of benzene rings is 3. The van der Waals surface area contributed by atoms with E-state index in [1.807, 2.05) is 54.7 Å². The molecule has 0 saturated carbocycles. The first kappa shape index (κ1) is 21.8. The minimum absolute atomic E-state index is 0.0862. The van der Waals surface area contributed by atoms with Gasteiger partial charge in [-0.15, -0.1) is 0 Å². The number of aromatic amines is 1. The normalized spacial score (nSPS) is 11.8. The van der Waals surface area contributed by atoms with Gasteiger partial charge in [0.15, 0.2) is 0 Å². The molecular weight excluding hydrogens is 475 g/mol. The zero-order valence-electron chi connectivity index (χ0n) is 17.0. The fraction of sp³-hybridized carbons (Fsp3) is 0.120. The van der Waals surface area contributed by atoms with Crippen LogP contribution in [0.15, 0.2) is 83.5 Å². The second kappa shape index (κ2) is 9.78. The van der Waals surface area contributed by atoms with E-state index in [4.69, 9.17) is 4.74 Å². The number of hydrogen-bond donors (Lipinski definition) is 2. The Balaban J connectivity index is 1.53. The lowest BCUT2D eigenvalue weighted by Crippen LogP contribution is -2.43. The second-order valence-corrected chi connectivity index (χ2v) is 8.25. The lowest BCUT2D eigenvalue weighted by Gasteiger charge is -2.18. The highest BCUT2D eigenvalue weighted by molar-refractivity contribution is 9.10. The number of carbonyl (C=O) groups is 2. The highest BCUT2D eigenvalue weighted by Gasteiger charge is 2.25. The summed E-state index contributed by atoms with van der Waals surface area (Å²) in [6.07, 6.45) is 2.07. The van der Waals surface area contributed by atoms with Crippen molar-refractivity contribution in [2.75, 3.05) is 0 Å². The maximum absolute atomic E-state index is 13.2. The highest BCUT2D eigenvalue weighted by atomic mass is 79.9. The molecular formula is C25H20BrFN2O3. The predicted molar refractivity (Wildman–Crippen MR) is 124 cm³/mol. The van der Waals surface area contributed by atoms with Crippen LogP contribution < -0.4 is 5.32 Å². The van der Waals surface area contributed by atoms with Crippen LogP contribution in [0.5, 0.6) is 0 Å². The number of ether oxygens (including phenoxy) is 1. The van der Waals surface area contributed by atoms with E-state index >= 15 is 0 Å². The van der Waals surface area contributed by atoms with Crippen LogP contribution in [0, 0.1) is 5.82 Å². The molecule has 1 heterocycles. The van der Waals surface area contributed by atoms with Gasteiger partial charge in [-0.2, -0.15) is 0 Å². The molecule has 5 nitrogen and oxygen atoms in total. The van der Waals surface area contributed by atoms with Crippen LogP contribution in [-0.4, -0.2) is 22.9 Å². The Morgan fingerprint density at radius 2 is 1.72 bits per heavy atom. The lowest BCUT2D eigenvalue weighted by atomic mass is 10.0. The van der Waals surface area contributed by atoms with Crippen molar-refractivity contribution in [3.8, 4) is 0 Å². The Morgan fingerprint density at radius 1 is 1.00 bits per heavy atom. The summed E-state index contributed by atoms with van der Waals surface area (Å²) in [5.74, 6) is -1.46. The van der Waals surface area contributed by atoms with Crippen molar-refractivity contribution in [1.82, 2.24) is 10.3 Å². The van der Waals surface area contributed by atoms with E-state index in [0.717, 1.165) is 26.5 Å². The third-order valence-electron chi connectivity index (χ3n) is 5.09. The number of halogens is 2. The maximum atomic E-state index is 13.2. The molecule has 1 atom stereocenters. The lowest BCUT2D eigenvalue weighted by molar-refractivity contribution is -0.147. The van der Waals surface area contributed by atoms with Crippen LogP contribution in [-0.2, 0) is 22.6 Å². The van der Waals surface area contributed by atoms with Gasteiger partial charge in [-0.05, 0) is 53.6 Å². The van der Waals surface area contributed by atoms with Gasteiger partial charge in [-0.1, -0.05) is 46.3 Å². The fourth-order valence-electron chi connectivity index (χ4n) is 3.39. The van der Waals surface area contributed by atoms with Gasteiger partial charge in [0.2, 0.25) is 0 Å². The van der Waals surface area contributed by atoms with Crippen molar-refractivity contribution in [3.63, 3.8) is 0 Å². The Labute approximate surface area is 192 Å². The van der Waals surface area contributed by atoms with E-state index < -0.39 is 23.7 Å². The molecule has 0 aliphatic heterocycles. The number of rotatable bonds is 7. The van der Waals surface area contributed by atoms with Gasteiger partial charge < -0.3 is 15.0 Å². The third kappa shape index (κ3) is 5.23. The summed E-state index contributed by atoms with van der Waals surface area (Å²) in [7, 11) is 0. The third-order valence-corrected chi connectivity index (χ3v) is 5.62. The number of para-hydroxylation sites is 1. The summed E-state index contributed by atoms with van der Waals surface area (Å²) in [5, 5.41) is 3.71. The number of amides is 1. The molecule has 0 radical (unpaired) electrons. The van der Waals surface area contributed by atoms with Crippen LogP contribution in [0.3, 0.4) is 0 Å². The number of hydrogen-bond acceptors (Lipinski definition) is 3. The molecule has 0 saturated heterocycles. The van der Waals surface area contributed by atoms with E-state index in [1.165, 1.54) is 24.3 Å². The summed E-state index contributed by atoms with van der Waals surface area (Å²) in [6.45, 7) is 0.0862. The zero-order chi connectivity index (χ0) is 22.5. The quantitative estimate of drug-likeness (QED) is 0.349. The molecule has 7 heteroatoms. The molecule has 32 heavy (non-hydrogen) atoms. The highest BCUT2D eigenvalue weighted by Crippen LogP contribution is 2.20. The van der Waals surface area contributed by atoms with E-state index in [0.29, 0.717) is 0 Å². The Morgan fingerprint density at radius 3 is 2.47 bits per heavy atom. The summed E-state index contributed by atoms with van der Waals surface area (Å²) in [5.41, 5.74) is 2.91. The van der Waals surface area contributed by atoms with Crippen molar-refractivity contribution < 1.29 is 18.7 Å². The summed E-state index contributed by atoms with van der Waals surface area (Å²) < 4.78 is 19.7. The molecule has 162 valence electrons. The van der Waals surface area contributed by atoms with Gasteiger partial charge in [0, 0.05) is 33.6 Å². The van der Waals surface area contributed by atoms with E-state index in [2.05, 4.69) is 26.2 Å². The molecule has 1 aromatic heterocycles. The number of nitrogens with one attached hydrogen (secondary N) is 2. The van der Waals surface area contributed by atoms with Gasteiger partial charge in [-0.25, -0.2) is 9.18 Å². The van der Waals surface area contributed by atoms with Gasteiger partial charge in [0.1, 0.15) is 18.5 Å². The number of aromatic nitrogens is 1. The molecule has 4 rings (SSSR count). The standard InChI is InChI=1S/C25H20BrFN2O3/c26-19-9-5-16(6-10-19)15-32-25(31)23(29-24(30)17-7-11-20(27)12-8-17)13-18-14-28-22-4-2-1-3-21(18)22/h1-12,14,23,28H,13,15H2,(H,29,30). The molecule has 1 unspecified atom stereocenters. The number of carbonyl (C=O) groups excluding carboxylic acids is 2. The average molecular weight is 495 g/mol. The van der Waals surface area contributed by atoms with Gasteiger partial charge in [0.05, 0.1) is 0 Å². The van der Waals surface area contributed by atoms with E-state index in [1.54, 1.807) is 0 Å². The minimum atomic E-state index is -0.915. The number of esters is 1. The van der Waals surface area contributed by atoms with Crippen molar-refractivity contribution in [1.29, 1.82) is 0 Å². The molecule has 4 aromatic rings. The van der Waals surface area contributed by atoms with Crippen LogP contribution >= 0.6 is 15.9 Å². The second-order valence-electron chi connectivity index (χ2n) is 7.33. The number of H-pyrrole nitrogens is 1. The summed E-state index contributed by atoms with van der Waals surface area (Å²) in [4.78, 5) is 28.8. The molecule has 0 aliphatic rings. The average Bonchev–Trinajstić information content (AvgIpc) is 3.21. The van der Waals surface area contributed by atoms with Crippen molar-refractivity contribution in [2.24, 2.45) is 0 Å². The molecule has 0 bridgehead atoms. The first-order valence-electron chi connectivity index (χ1n) is 10.0. The molecule has 0 aliphatic carbocycles. The first-order chi connectivity index (χ1) is 15.5. The Kier molecular flexibility index (Phi) is 6.66. The molecule has 0 spiro atoms. The van der Waals surface area contributed by atoms with Crippen LogP contribution in [0.4, 0.5) is 4.39 Å². The predicted octanol–water partition coefficient (Wildman–Crippen LogP) is 5.15. The van der Waals surface area contributed by atoms with Crippen LogP contribution in [0.25, 0.3) is 10.9 Å². The monoisotopic (exact) mass is 494 g/mol. The number of fused-ring (bicyclic) bond motifs is 1. The zero-order valence-corrected chi connectivity index (χ0v) is 18.6. The molecule has 0 fully saturated rings. The SMILES string of the molecule is O=C(NC(Cc1c[nH]c2ccccc12)C(=O)OCc1ccc(Br)cc1)c1ccc(F)cc1. The van der Waals surface area contributed by atoms with Crippen molar-refractivity contribution in [3.05, 3.63) is 106 Å². The van der Waals surface area contributed by atoms with E-state index in [-0.39, 0.29) is 18.6 Å². The minimum Gasteiger partial charge on any atom is -0.459 e. The topological polar surface area (TPSA) is 71.2 Å². The van der Waals surface area contributed by atoms with Gasteiger partial charge in [-0.3, -0.25) is 4.79 Å². The first-order valence-corrected chi connectivity index (χ1v) is 10.8. The van der Waals surface area contributed by atoms with Crippen LogP contribution in [0.1, 0.15) is 21.5 Å². The van der Waals surface area contributed by atoms with Crippen LogP contribution in [0.2, 0.25) is 0 Å². The molecule has 1 amide bonds. The Bertz CT molecular complexity index is 1240.